The van der Waals surface area contributed by atoms with Gasteiger partial charge in [-0.05, 0) is 24.3 Å². The normalized spacial score (nSPS) is 10.3. The number of amides is 1. The molecule has 3 aromatic rings. The first-order chi connectivity index (χ1) is 13.1. The summed E-state index contributed by atoms with van der Waals surface area (Å²) < 4.78 is 17.1. The predicted molar refractivity (Wildman–Crippen MR) is 99.8 cm³/mol. The molecule has 0 spiro atoms. The van der Waals surface area contributed by atoms with E-state index in [0.717, 1.165) is 0 Å². The first-order valence-electron chi connectivity index (χ1n) is 7.97. The van der Waals surface area contributed by atoms with Gasteiger partial charge in [-0.2, -0.15) is 4.68 Å². The third kappa shape index (κ3) is 3.47. The zero-order chi connectivity index (χ0) is 19.4. The average molecular weight is 369 g/mol. The largest absolute Gasteiger partial charge is 0.495 e. The maximum atomic E-state index is 12.6. The molecule has 3 rings (SSSR count). The monoisotopic (exact) mass is 369 g/mol. The number of rotatable bonds is 6. The Morgan fingerprint density at radius 1 is 1.00 bits per heavy atom. The number of nitrogens with one attached hydrogen (secondary N) is 1. The van der Waals surface area contributed by atoms with Crippen LogP contribution in [0.3, 0.4) is 0 Å². The summed E-state index contributed by atoms with van der Waals surface area (Å²) in [5.74, 6) is 1.19. The predicted octanol–water partition coefficient (Wildman–Crippen LogP) is 2.13. The van der Waals surface area contributed by atoms with Gasteiger partial charge in [-0.1, -0.05) is 17.3 Å². The van der Waals surface area contributed by atoms with Crippen molar-refractivity contribution >= 4 is 17.4 Å². The van der Waals surface area contributed by atoms with Crippen molar-refractivity contribution in [3.05, 3.63) is 48.2 Å². The Morgan fingerprint density at radius 2 is 1.70 bits per heavy atom. The Kier molecular flexibility index (Phi) is 5.11. The van der Waals surface area contributed by atoms with E-state index >= 15 is 0 Å². The summed E-state index contributed by atoms with van der Waals surface area (Å²) in [4.78, 5) is 12.6. The van der Waals surface area contributed by atoms with Gasteiger partial charge < -0.3 is 25.3 Å². The van der Waals surface area contributed by atoms with E-state index in [1.54, 1.807) is 49.6 Å². The number of hydrogen-bond acceptors (Lipinski definition) is 7. The van der Waals surface area contributed by atoms with Gasteiger partial charge in [0.15, 0.2) is 23.0 Å². The summed E-state index contributed by atoms with van der Waals surface area (Å²) in [6.45, 7) is 0. The summed E-state index contributed by atoms with van der Waals surface area (Å²) in [5, 5.41) is 10.6. The van der Waals surface area contributed by atoms with Gasteiger partial charge in [0.05, 0.1) is 32.7 Å². The van der Waals surface area contributed by atoms with Crippen molar-refractivity contribution in [2.45, 2.75) is 0 Å². The topological polar surface area (TPSA) is 114 Å². The van der Waals surface area contributed by atoms with Gasteiger partial charge in [-0.25, -0.2) is 0 Å². The Morgan fingerprint density at radius 3 is 2.41 bits per heavy atom. The van der Waals surface area contributed by atoms with E-state index in [-0.39, 0.29) is 11.5 Å². The standard InChI is InChI=1S/C18H19N5O4/c1-25-13-7-5-4-6-12(13)20-18(24)16-17(19)23(22-21-16)11-8-9-14(26-2)15(10-11)27-3/h4-10H,19H2,1-3H3,(H,20,24). The van der Waals surface area contributed by atoms with E-state index in [4.69, 9.17) is 19.9 Å². The molecular weight excluding hydrogens is 350 g/mol. The van der Waals surface area contributed by atoms with Crippen molar-refractivity contribution in [1.29, 1.82) is 0 Å². The molecule has 0 atom stereocenters. The highest BCUT2D eigenvalue weighted by molar-refractivity contribution is 6.06. The quantitative estimate of drug-likeness (QED) is 0.684. The molecule has 0 saturated heterocycles. The molecular formula is C18H19N5O4. The highest BCUT2D eigenvalue weighted by Crippen LogP contribution is 2.30. The maximum absolute atomic E-state index is 12.6. The van der Waals surface area contributed by atoms with Gasteiger partial charge in [0.25, 0.3) is 5.91 Å². The minimum absolute atomic E-state index is 0.00399. The molecule has 0 radical (unpaired) electrons. The van der Waals surface area contributed by atoms with Gasteiger partial charge in [0.1, 0.15) is 5.75 Å². The summed E-state index contributed by atoms with van der Waals surface area (Å²) in [6.07, 6.45) is 0. The number of nitrogens with zero attached hydrogens (tertiary/aromatic N) is 3. The van der Waals surface area contributed by atoms with Crippen LogP contribution in [0.15, 0.2) is 42.5 Å². The minimum Gasteiger partial charge on any atom is -0.495 e. The molecule has 140 valence electrons. The molecule has 27 heavy (non-hydrogen) atoms. The minimum atomic E-state index is -0.497. The van der Waals surface area contributed by atoms with E-state index < -0.39 is 5.91 Å². The summed E-state index contributed by atoms with van der Waals surface area (Å²) in [7, 11) is 4.59. The van der Waals surface area contributed by atoms with Crippen LogP contribution in [0, 0.1) is 0 Å². The number of nitrogens with two attached hydrogens (primary N) is 1. The van der Waals surface area contributed by atoms with Gasteiger partial charge in [-0.15, -0.1) is 5.10 Å². The van der Waals surface area contributed by atoms with Crippen molar-refractivity contribution in [1.82, 2.24) is 15.0 Å². The van der Waals surface area contributed by atoms with Crippen molar-refractivity contribution < 1.29 is 19.0 Å². The second-order valence-corrected chi connectivity index (χ2v) is 5.43. The van der Waals surface area contributed by atoms with E-state index in [1.807, 2.05) is 0 Å². The molecule has 0 saturated carbocycles. The Labute approximate surface area is 155 Å². The fourth-order valence-corrected chi connectivity index (χ4v) is 2.53. The molecule has 0 aliphatic carbocycles. The summed E-state index contributed by atoms with van der Waals surface area (Å²) in [5.41, 5.74) is 7.17. The second-order valence-electron chi connectivity index (χ2n) is 5.43. The number of nitrogen functional groups attached to an aromatic ring is 1. The molecule has 0 bridgehead atoms. The number of benzene rings is 2. The lowest BCUT2D eigenvalue weighted by Crippen LogP contribution is -2.15. The van der Waals surface area contributed by atoms with E-state index in [0.29, 0.717) is 28.6 Å². The number of aromatic nitrogens is 3. The van der Waals surface area contributed by atoms with Crippen LogP contribution in [0.4, 0.5) is 11.5 Å². The van der Waals surface area contributed by atoms with Gasteiger partial charge in [-0.3, -0.25) is 4.79 Å². The zero-order valence-electron chi connectivity index (χ0n) is 15.1. The third-order valence-electron chi connectivity index (χ3n) is 3.89. The van der Waals surface area contributed by atoms with Crippen molar-refractivity contribution in [3.8, 4) is 22.9 Å². The first-order valence-corrected chi connectivity index (χ1v) is 7.97. The molecule has 0 unspecified atom stereocenters. The maximum Gasteiger partial charge on any atom is 0.280 e. The third-order valence-corrected chi connectivity index (χ3v) is 3.89. The molecule has 0 aliphatic rings. The fraction of sp³-hybridized carbons (Fsp3) is 0.167. The highest BCUT2D eigenvalue weighted by atomic mass is 16.5. The fourth-order valence-electron chi connectivity index (χ4n) is 2.53. The number of methoxy groups -OCH3 is 3. The molecule has 9 nitrogen and oxygen atoms in total. The number of anilines is 2. The number of hydrogen-bond donors (Lipinski definition) is 2. The van der Waals surface area contributed by atoms with Crippen LogP contribution in [0.1, 0.15) is 10.5 Å². The van der Waals surface area contributed by atoms with Crippen LogP contribution in [0.2, 0.25) is 0 Å². The van der Waals surface area contributed by atoms with E-state index in [2.05, 4.69) is 15.6 Å². The Hall–Kier alpha value is -3.75. The van der Waals surface area contributed by atoms with Gasteiger partial charge in [0, 0.05) is 6.07 Å². The van der Waals surface area contributed by atoms with Crippen molar-refractivity contribution in [3.63, 3.8) is 0 Å². The second kappa shape index (κ2) is 7.65. The molecule has 3 N–H and O–H groups in total. The smallest absolute Gasteiger partial charge is 0.280 e. The van der Waals surface area contributed by atoms with Crippen LogP contribution < -0.4 is 25.3 Å². The number of para-hydroxylation sites is 2. The van der Waals surface area contributed by atoms with Crippen LogP contribution in [-0.2, 0) is 0 Å². The number of ether oxygens (including phenoxy) is 3. The molecule has 1 heterocycles. The summed E-state index contributed by atoms with van der Waals surface area (Å²) >= 11 is 0. The molecule has 1 amide bonds. The van der Waals surface area contributed by atoms with Crippen molar-refractivity contribution in [2.75, 3.05) is 32.4 Å². The Balaban J connectivity index is 1.90. The van der Waals surface area contributed by atoms with Crippen LogP contribution in [0.25, 0.3) is 5.69 Å². The van der Waals surface area contributed by atoms with Crippen LogP contribution in [-0.4, -0.2) is 42.2 Å². The molecule has 0 aliphatic heterocycles. The zero-order valence-corrected chi connectivity index (χ0v) is 15.1. The lowest BCUT2D eigenvalue weighted by molar-refractivity contribution is 0.102. The molecule has 2 aromatic carbocycles. The lowest BCUT2D eigenvalue weighted by Gasteiger charge is -2.10. The highest BCUT2D eigenvalue weighted by Gasteiger charge is 2.20. The molecule has 1 aromatic heterocycles. The van der Waals surface area contributed by atoms with Crippen molar-refractivity contribution in [2.24, 2.45) is 0 Å². The average Bonchev–Trinajstić information content (AvgIpc) is 3.09. The molecule has 9 heteroatoms. The van der Waals surface area contributed by atoms with Gasteiger partial charge in [0.2, 0.25) is 0 Å². The van der Waals surface area contributed by atoms with Crippen LogP contribution in [0.5, 0.6) is 17.2 Å². The van der Waals surface area contributed by atoms with Gasteiger partial charge >= 0.3 is 0 Å². The Bertz CT molecular complexity index is 970. The number of carbonyl (C=O) groups excluding carboxylic acids is 1. The first kappa shape index (κ1) is 18.1. The molecule has 0 fully saturated rings. The number of carbonyl (C=O) groups is 1. The lowest BCUT2D eigenvalue weighted by atomic mass is 10.2. The van der Waals surface area contributed by atoms with Crippen LogP contribution >= 0.6 is 0 Å². The SMILES string of the molecule is COc1ccccc1NC(=O)c1nnn(-c2ccc(OC)c(OC)c2)c1N. The van der Waals surface area contributed by atoms with E-state index in [1.165, 1.54) is 18.9 Å². The summed E-state index contributed by atoms with van der Waals surface area (Å²) in [6, 6.07) is 12.2. The van der Waals surface area contributed by atoms with E-state index in [9.17, 15) is 4.79 Å².